The highest BCUT2D eigenvalue weighted by Gasteiger charge is 2.46. The number of thiophene rings is 1. The van der Waals surface area contributed by atoms with Gasteiger partial charge in [0.2, 0.25) is 11.8 Å². The van der Waals surface area contributed by atoms with Crippen molar-refractivity contribution in [2.75, 3.05) is 26.7 Å². The van der Waals surface area contributed by atoms with Gasteiger partial charge >= 0.3 is 0 Å². The number of ether oxygens (including phenoxy) is 1. The van der Waals surface area contributed by atoms with E-state index in [1.807, 2.05) is 35.7 Å². The van der Waals surface area contributed by atoms with Gasteiger partial charge in [0.15, 0.2) is 0 Å². The van der Waals surface area contributed by atoms with Gasteiger partial charge in [0.25, 0.3) is 5.91 Å². The summed E-state index contributed by atoms with van der Waals surface area (Å²) in [6.45, 7) is 1.39. The lowest BCUT2D eigenvalue weighted by molar-refractivity contribution is -0.139. The third-order valence-corrected chi connectivity index (χ3v) is 7.01. The molecule has 2 aromatic rings. The zero-order valence-corrected chi connectivity index (χ0v) is 19.6. The molecule has 1 saturated heterocycles. The van der Waals surface area contributed by atoms with Gasteiger partial charge in [0.1, 0.15) is 11.8 Å². The van der Waals surface area contributed by atoms with Crippen LogP contribution in [0.4, 0.5) is 0 Å². The smallest absolute Gasteiger partial charge is 0.264 e. The minimum atomic E-state index is -0.599. The molecule has 33 heavy (non-hydrogen) atoms. The number of nitrogens with zero attached hydrogens (tertiary/aromatic N) is 2. The van der Waals surface area contributed by atoms with E-state index in [0.29, 0.717) is 43.2 Å². The Morgan fingerprint density at radius 3 is 2.73 bits per heavy atom. The summed E-state index contributed by atoms with van der Waals surface area (Å²) in [6.07, 6.45) is 2.12. The van der Waals surface area contributed by atoms with Crippen molar-refractivity contribution in [2.45, 2.75) is 37.9 Å². The molecule has 4 rings (SSSR count). The fourth-order valence-electron chi connectivity index (χ4n) is 4.29. The average Bonchev–Trinajstić information content (AvgIpc) is 3.35. The first-order chi connectivity index (χ1) is 16.0. The largest absolute Gasteiger partial charge is 0.497 e. The molecule has 1 aromatic heterocycles. The molecule has 1 aliphatic heterocycles. The van der Waals surface area contributed by atoms with Crippen molar-refractivity contribution >= 4 is 29.1 Å². The van der Waals surface area contributed by atoms with Crippen molar-refractivity contribution < 1.29 is 19.1 Å². The fraction of sp³-hybridized carbons (Fsp3) is 0.458. The quantitative estimate of drug-likeness (QED) is 0.582. The zero-order chi connectivity index (χ0) is 23.4. The molecular weight excluding hydrogens is 440 g/mol. The van der Waals surface area contributed by atoms with Crippen LogP contribution in [0.15, 0.2) is 41.8 Å². The van der Waals surface area contributed by atoms with Gasteiger partial charge in [0.05, 0.1) is 18.0 Å². The van der Waals surface area contributed by atoms with Crippen LogP contribution in [0, 0.1) is 5.92 Å². The Labute approximate surface area is 197 Å². The normalized spacial score (nSPS) is 19.9. The number of hydrogen-bond donors (Lipinski definition) is 2. The summed E-state index contributed by atoms with van der Waals surface area (Å²) in [5, 5.41) is 4.70. The number of nitrogens with two attached hydrogens (primary N) is 1. The number of methoxy groups -OCH3 is 1. The standard InChI is InChI=1S/C24H30N4O4S/c1-32-19-5-2-4-16(12-19)14-27(24(31)21-6-3-11-33-21)18-13-20(22(29)26-10-9-25)28(15-18)23(30)17-7-8-17/h2-6,11-12,17-18,20H,7-10,13-15,25H2,1H3,(H,26,29). The number of nitrogens with one attached hydrogen (secondary N) is 1. The second-order valence-electron chi connectivity index (χ2n) is 8.51. The van der Waals surface area contributed by atoms with E-state index in [2.05, 4.69) is 5.32 Å². The highest BCUT2D eigenvalue weighted by atomic mass is 32.1. The predicted molar refractivity (Wildman–Crippen MR) is 126 cm³/mol. The molecule has 1 aromatic carbocycles. The molecular formula is C24H30N4O4S. The maximum Gasteiger partial charge on any atom is 0.264 e. The molecule has 8 nitrogen and oxygen atoms in total. The second kappa shape index (κ2) is 10.4. The molecule has 3 amide bonds. The monoisotopic (exact) mass is 470 g/mol. The first-order valence-corrected chi connectivity index (χ1v) is 12.2. The molecule has 0 radical (unpaired) electrons. The van der Waals surface area contributed by atoms with Gasteiger partial charge in [-0.05, 0) is 48.4 Å². The van der Waals surface area contributed by atoms with Crippen LogP contribution >= 0.6 is 11.3 Å². The number of carbonyl (C=O) groups is 3. The summed E-state index contributed by atoms with van der Waals surface area (Å²) in [7, 11) is 1.61. The lowest BCUT2D eigenvalue weighted by Gasteiger charge is -2.29. The van der Waals surface area contributed by atoms with Gasteiger partial charge in [0, 0.05) is 32.1 Å². The van der Waals surface area contributed by atoms with E-state index < -0.39 is 6.04 Å². The molecule has 1 aliphatic carbocycles. The first kappa shape index (κ1) is 23.3. The molecule has 3 N–H and O–H groups in total. The lowest BCUT2D eigenvalue weighted by atomic mass is 10.1. The van der Waals surface area contributed by atoms with Crippen molar-refractivity contribution in [1.29, 1.82) is 0 Å². The number of likely N-dealkylation sites (tertiary alicyclic amines) is 1. The zero-order valence-electron chi connectivity index (χ0n) is 18.7. The van der Waals surface area contributed by atoms with Crippen LogP contribution in [0.3, 0.4) is 0 Å². The molecule has 2 heterocycles. The fourth-order valence-corrected chi connectivity index (χ4v) is 4.96. The van der Waals surface area contributed by atoms with Crippen LogP contribution in [0.2, 0.25) is 0 Å². The molecule has 0 bridgehead atoms. The van der Waals surface area contributed by atoms with E-state index >= 15 is 0 Å². The third-order valence-electron chi connectivity index (χ3n) is 6.16. The Kier molecular flexibility index (Phi) is 7.29. The van der Waals surface area contributed by atoms with Crippen molar-refractivity contribution in [1.82, 2.24) is 15.1 Å². The van der Waals surface area contributed by atoms with E-state index in [1.54, 1.807) is 23.0 Å². The SMILES string of the molecule is COc1cccc(CN(C(=O)c2cccs2)C2CC(C(=O)NCCN)N(C(=O)C3CC3)C2)c1. The first-order valence-electron chi connectivity index (χ1n) is 11.3. The Hall–Kier alpha value is -2.91. The molecule has 2 atom stereocenters. The maximum absolute atomic E-state index is 13.5. The number of benzene rings is 1. The Bertz CT molecular complexity index is 992. The van der Waals surface area contributed by atoms with Crippen molar-refractivity contribution in [3.05, 3.63) is 52.2 Å². The summed E-state index contributed by atoms with van der Waals surface area (Å²) in [4.78, 5) is 43.5. The minimum absolute atomic E-state index is 0.00612. The molecule has 9 heteroatoms. The summed E-state index contributed by atoms with van der Waals surface area (Å²) in [5.41, 5.74) is 6.48. The summed E-state index contributed by atoms with van der Waals surface area (Å²) < 4.78 is 5.35. The van der Waals surface area contributed by atoms with Crippen LogP contribution in [0.1, 0.15) is 34.5 Å². The van der Waals surface area contributed by atoms with E-state index in [9.17, 15) is 14.4 Å². The van der Waals surface area contributed by atoms with Gasteiger partial charge in [-0.15, -0.1) is 11.3 Å². The van der Waals surface area contributed by atoms with E-state index in [-0.39, 0.29) is 29.7 Å². The van der Waals surface area contributed by atoms with Crippen LogP contribution in [-0.4, -0.2) is 66.3 Å². The lowest BCUT2D eigenvalue weighted by Crippen LogP contribution is -2.47. The molecule has 2 unspecified atom stereocenters. The van der Waals surface area contributed by atoms with Crippen LogP contribution in [0.5, 0.6) is 5.75 Å². The average molecular weight is 471 g/mol. The van der Waals surface area contributed by atoms with Crippen LogP contribution in [0.25, 0.3) is 0 Å². The third kappa shape index (κ3) is 5.36. The number of carbonyl (C=O) groups excluding carboxylic acids is 3. The molecule has 2 fully saturated rings. The van der Waals surface area contributed by atoms with Gasteiger partial charge < -0.3 is 25.6 Å². The van der Waals surface area contributed by atoms with Gasteiger partial charge in [-0.2, -0.15) is 0 Å². The predicted octanol–water partition coefficient (Wildman–Crippen LogP) is 1.85. The molecule has 2 aliphatic rings. The molecule has 0 spiro atoms. The van der Waals surface area contributed by atoms with Gasteiger partial charge in [-0.3, -0.25) is 14.4 Å². The number of rotatable bonds is 9. The van der Waals surface area contributed by atoms with Gasteiger partial charge in [-0.25, -0.2) is 0 Å². The Morgan fingerprint density at radius 1 is 1.24 bits per heavy atom. The van der Waals surface area contributed by atoms with E-state index in [0.717, 1.165) is 18.4 Å². The highest BCUT2D eigenvalue weighted by molar-refractivity contribution is 7.12. The summed E-state index contributed by atoms with van der Waals surface area (Å²) >= 11 is 1.39. The topological polar surface area (TPSA) is 105 Å². The Balaban J connectivity index is 1.61. The minimum Gasteiger partial charge on any atom is -0.497 e. The van der Waals surface area contributed by atoms with Crippen molar-refractivity contribution in [3.8, 4) is 5.75 Å². The van der Waals surface area contributed by atoms with E-state index in [4.69, 9.17) is 10.5 Å². The van der Waals surface area contributed by atoms with Crippen molar-refractivity contribution in [2.24, 2.45) is 11.7 Å². The summed E-state index contributed by atoms with van der Waals surface area (Å²) in [5.74, 6) is 0.414. The number of amides is 3. The van der Waals surface area contributed by atoms with Gasteiger partial charge in [-0.1, -0.05) is 18.2 Å². The van der Waals surface area contributed by atoms with Crippen LogP contribution in [-0.2, 0) is 16.1 Å². The van der Waals surface area contributed by atoms with E-state index in [1.165, 1.54) is 11.3 Å². The summed E-state index contributed by atoms with van der Waals surface area (Å²) in [6, 6.07) is 10.4. The highest BCUT2D eigenvalue weighted by Crippen LogP contribution is 2.35. The van der Waals surface area contributed by atoms with Crippen molar-refractivity contribution in [3.63, 3.8) is 0 Å². The second-order valence-corrected chi connectivity index (χ2v) is 9.46. The van der Waals surface area contributed by atoms with Crippen LogP contribution < -0.4 is 15.8 Å². The molecule has 176 valence electrons. The maximum atomic E-state index is 13.5. The molecule has 1 saturated carbocycles. The Morgan fingerprint density at radius 2 is 2.06 bits per heavy atom. The number of hydrogen-bond acceptors (Lipinski definition) is 6.